The van der Waals surface area contributed by atoms with E-state index < -0.39 is 11.7 Å². The number of carbonyl (C=O) groups excluding carboxylic acids is 2. The van der Waals surface area contributed by atoms with Crippen LogP contribution in [0.25, 0.3) is 0 Å². The van der Waals surface area contributed by atoms with Crippen molar-refractivity contribution in [3.05, 3.63) is 47.4 Å². The Morgan fingerprint density at radius 3 is 2.78 bits per heavy atom. The monoisotopic (exact) mass is 375 g/mol. The van der Waals surface area contributed by atoms with Gasteiger partial charge in [-0.25, -0.2) is 9.18 Å². The molecular weight excluding hydrogens is 349 g/mol. The zero-order chi connectivity index (χ0) is 19.8. The van der Waals surface area contributed by atoms with Crippen LogP contribution in [0, 0.1) is 5.82 Å². The minimum absolute atomic E-state index is 0.0236. The van der Waals surface area contributed by atoms with Crippen molar-refractivity contribution in [2.45, 2.75) is 51.9 Å². The van der Waals surface area contributed by atoms with Crippen LogP contribution in [-0.4, -0.2) is 52.6 Å². The molecule has 6 nitrogen and oxygen atoms in total. The molecule has 1 N–H and O–H groups in total. The summed E-state index contributed by atoms with van der Waals surface area (Å²) >= 11 is 0. The number of nitrogens with zero attached hydrogens (tertiary/aromatic N) is 2. The van der Waals surface area contributed by atoms with Gasteiger partial charge >= 0.3 is 6.09 Å². The minimum Gasteiger partial charge on any atom is -0.444 e. The van der Waals surface area contributed by atoms with Crippen molar-refractivity contribution in [2.24, 2.45) is 0 Å². The number of hydrogen-bond donors (Lipinski definition) is 1. The van der Waals surface area contributed by atoms with E-state index in [1.807, 2.05) is 44.7 Å². The Kier molecular flexibility index (Phi) is 5.13. The van der Waals surface area contributed by atoms with Crippen LogP contribution >= 0.6 is 0 Å². The molecule has 0 fully saturated rings. The fourth-order valence-electron chi connectivity index (χ4n) is 3.44. The summed E-state index contributed by atoms with van der Waals surface area (Å²) in [6, 6.07) is 6.13. The molecule has 2 aliphatic heterocycles. The van der Waals surface area contributed by atoms with Gasteiger partial charge in [0.1, 0.15) is 17.1 Å². The molecule has 3 rings (SSSR count). The summed E-state index contributed by atoms with van der Waals surface area (Å²) in [5.74, 6) is -0.357. The highest BCUT2D eigenvalue weighted by molar-refractivity contribution is 5.97. The number of nitrogens with one attached hydrogen (secondary N) is 1. The normalized spacial score (nSPS) is 20.0. The molecule has 2 bridgehead atoms. The molecule has 0 saturated carbocycles. The molecule has 2 heterocycles. The Morgan fingerprint density at radius 2 is 2.15 bits per heavy atom. The Bertz CT molecular complexity index is 772. The summed E-state index contributed by atoms with van der Waals surface area (Å²) in [5, 5.41) is 2.80. The third-order valence-electron chi connectivity index (χ3n) is 4.48. The number of halogens is 1. The summed E-state index contributed by atoms with van der Waals surface area (Å²) in [5.41, 5.74) is 0.873. The zero-order valence-electron chi connectivity index (χ0n) is 16.2. The fourth-order valence-corrected chi connectivity index (χ4v) is 3.44. The number of amides is 2. The van der Waals surface area contributed by atoms with E-state index in [1.54, 1.807) is 11.0 Å². The number of fused-ring (bicyclic) bond motifs is 1. The van der Waals surface area contributed by atoms with Crippen LogP contribution in [0.15, 0.2) is 36.0 Å². The van der Waals surface area contributed by atoms with Gasteiger partial charge in [0, 0.05) is 25.7 Å². The first-order chi connectivity index (χ1) is 12.6. The standard InChI is InChI=1S/C20H26FN3O3/c1-13(22-19(26)27-20(2,3)4)10-23-12-16-9-17(23)18(25)24(16)11-14-6-5-7-15(21)8-14/h5-9,13,16H,10-12H2,1-4H3,(H,22,26)/t13-,16?/m0/s1. The van der Waals surface area contributed by atoms with E-state index >= 15 is 0 Å². The molecule has 7 heteroatoms. The van der Waals surface area contributed by atoms with E-state index in [0.717, 1.165) is 5.56 Å². The van der Waals surface area contributed by atoms with E-state index in [4.69, 9.17) is 4.74 Å². The molecular formula is C20H26FN3O3. The molecule has 2 amide bonds. The molecule has 27 heavy (non-hydrogen) atoms. The van der Waals surface area contributed by atoms with Crippen LogP contribution in [0.4, 0.5) is 9.18 Å². The average molecular weight is 375 g/mol. The molecule has 146 valence electrons. The predicted octanol–water partition coefficient (Wildman–Crippen LogP) is 2.65. The van der Waals surface area contributed by atoms with Crippen molar-refractivity contribution in [1.29, 1.82) is 0 Å². The van der Waals surface area contributed by atoms with E-state index in [1.165, 1.54) is 12.1 Å². The first-order valence-corrected chi connectivity index (χ1v) is 9.14. The fraction of sp³-hybridized carbons (Fsp3) is 0.500. The summed E-state index contributed by atoms with van der Waals surface area (Å²) in [4.78, 5) is 28.3. The smallest absolute Gasteiger partial charge is 0.407 e. The van der Waals surface area contributed by atoms with Crippen molar-refractivity contribution >= 4 is 12.0 Å². The molecule has 1 unspecified atom stereocenters. The lowest BCUT2D eigenvalue weighted by atomic mass is 10.1. The van der Waals surface area contributed by atoms with Gasteiger partial charge in [-0.1, -0.05) is 12.1 Å². The Labute approximate surface area is 159 Å². The zero-order valence-corrected chi connectivity index (χ0v) is 16.2. The predicted molar refractivity (Wildman–Crippen MR) is 99.2 cm³/mol. The molecule has 1 aromatic rings. The van der Waals surface area contributed by atoms with Crippen LogP contribution in [-0.2, 0) is 16.1 Å². The van der Waals surface area contributed by atoms with Crippen LogP contribution in [0.5, 0.6) is 0 Å². The Hall–Kier alpha value is -2.57. The van der Waals surface area contributed by atoms with Gasteiger partial charge in [-0.05, 0) is 51.5 Å². The summed E-state index contributed by atoms with van der Waals surface area (Å²) in [7, 11) is 0. The average Bonchev–Trinajstić information content (AvgIpc) is 3.04. The number of piperazine rings is 1. The van der Waals surface area contributed by atoms with Crippen molar-refractivity contribution in [3.63, 3.8) is 0 Å². The molecule has 0 saturated heterocycles. The van der Waals surface area contributed by atoms with Gasteiger partial charge in [0.05, 0.1) is 6.04 Å². The lowest BCUT2D eigenvalue weighted by Gasteiger charge is -2.36. The minimum atomic E-state index is -0.549. The highest BCUT2D eigenvalue weighted by Crippen LogP contribution is 2.31. The lowest BCUT2D eigenvalue weighted by Crippen LogP contribution is -2.51. The summed E-state index contributed by atoms with van der Waals surface area (Å²) in [6.45, 7) is 8.91. The van der Waals surface area contributed by atoms with Gasteiger partial charge in [-0.3, -0.25) is 4.79 Å². The summed E-state index contributed by atoms with van der Waals surface area (Å²) < 4.78 is 18.6. The van der Waals surface area contributed by atoms with Crippen molar-refractivity contribution in [2.75, 3.05) is 13.1 Å². The molecule has 1 aromatic carbocycles. The second kappa shape index (κ2) is 7.21. The van der Waals surface area contributed by atoms with E-state index in [0.29, 0.717) is 25.3 Å². The van der Waals surface area contributed by atoms with Crippen LogP contribution in [0.3, 0.4) is 0 Å². The molecule has 2 atom stereocenters. The largest absolute Gasteiger partial charge is 0.444 e. The molecule has 0 aromatic heterocycles. The first kappa shape index (κ1) is 19.2. The molecule has 0 aliphatic carbocycles. The second-order valence-corrected chi connectivity index (χ2v) is 8.13. The van der Waals surface area contributed by atoms with Crippen LogP contribution in [0.1, 0.15) is 33.3 Å². The van der Waals surface area contributed by atoms with E-state index in [9.17, 15) is 14.0 Å². The van der Waals surface area contributed by atoms with Gasteiger partial charge < -0.3 is 19.9 Å². The van der Waals surface area contributed by atoms with Crippen molar-refractivity contribution in [3.8, 4) is 0 Å². The van der Waals surface area contributed by atoms with Gasteiger partial charge in [0.25, 0.3) is 5.91 Å². The number of rotatable bonds is 5. The third kappa shape index (κ3) is 4.59. The van der Waals surface area contributed by atoms with Crippen molar-refractivity contribution in [1.82, 2.24) is 15.1 Å². The Balaban J connectivity index is 1.53. The van der Waals surface area contributed by atoms with Gasteiger partial charge in [-0.2, -0.15) is 0 Å². The number of ether oxygens (including phenoxy) is 1. The SMILES string of the molecule is C[C@@H](CN1CC2C=C1C(=O)N2Cc1cccc(F)c1)NC(=O)OC(C)(C)C. The van der Waals surface area contributed by atoms with E-state index in [2.05, 4.69) is 5.32 Å². The van der Waals surface area contributed by atoms with Crippen LogP contribution in [0.2, 0.25) is 0 Å². The number of benzene rings is 1. The highest BCUT2D eigenvalue weighted by atomic mass is 19.1. The maximum absolute atomic E-state index is 13.4. The first-order valence-electron chi connectivity index (χ1n) is 9.14. The molecule has 0 spiro atoms. The van der Waals surface area contributed by atoms with Gasteiger partial charge in [0.15, 0.2) is 0 Å². The lowest BCUT2D eigenvalue weighted by molar-refractivity contribution is -0.131. The third-order valence-corrected chi connectivity index (χ3v) is 4.48. The number of carbonyl (C=O) groups is 2. The number of alkyl carbamates (subject to hydrolysis) is 1. The highest BCUT2D eigenvalue weighted by Gasteiger charge is 2.42. The van der Waals surface area contributed by atoms with Crippen molar-refractivity contribution < 1.29 is 18.7 Å². The summed E-state index contributed by atoms with van der Waals surface area (Å²) in [6.07, 6.45) is 1.48. The van der Waals surface area contributed by atoms with Crippen LogP contribution < -0.4 is 5.32 Å². The maximum atomic E-state index is 13.4. The van der Waals surface area contributed by atoms with Gasteiger partial charge in [0.2, 0.25) is 0 Å². The maximum Gasteiger partial charge on any atom is 0.407 e. The molecule has 0 radical (unpaired) electrons. The molecule has 2 aliphatic rings. The second-order valence-electron chi connectivity index (χ2n) is 8.13. The topological polar surface area (TPSA) is 61.9 Å². The van der Waals surface area contributed by atoms with E-state index in [-0.39, 0.29) is 23.8 Å². The van der Waals surface area contributed by atoms with Gasteiger partial charge in [-0.15, -0.1) is 0 Å². The number of hydrogen-bond acceptors (Lipinski definition) is 4. The quantitative estimate of drug-likeness (QED) is 0.860. The Morgan fingerprint density at radius 1 is 1.41 bits per heavy atom.